The molecule has 0 radical (unpaired) electrons. The fourth-order valence-corrected chi connectivity index (χ4v) is 6.04. The van der Waals surface area contributed by atoms with Crippen molar-refractivity contribution in [2.45, 2.75) is 57.7 Å². The summed E-state index contributed by atoms with van der Waals surface area (Å²) in [5, 5.41) is 9.78. The Morgan fingerprint density at radius 2 is 1.57 bits per heavy atom. The zero-order chi connectivity index (χ0) is 26.4. The molecular weight excluding hydrogens is 462 g/mol. The number of aliphatic hydroxyl groups is 1. The van der Waals surface area contributed by atoms with Crippen molar-refractivity contribution >= 4 is 17.8 Å². The Morgan fingerprint density at radius 1 is 0.919 bits per heavy atom. The highest BCUT2D eigenvalue weighted by atomic mass is 16.5. The smallest absolute Gasteiger partial charge is 0.218 e. The highest BCUT2D eigenvalue weighted by Crippen LogP contribution is 2.47. The molecule has 0 spiro atoms. The molecule has 4 atom stereocenters. The largest absolute Gasteiger partial charge is 0.497 e. The van der Waals surface area contributed by atoms with E-state index in [1.54, 1.807) is 12.0 Å². The van der Waals surface area contributed by atoms with Gasteiger partial charge in [0.05, 0.1) is 19.3 Å². The van der Waals surface area contributed by atoms with Crippen LogP contribution in [0, 0.1) is 11.8 Å². The Labute approximate surface area is 221 Å². The Morgan fingerprint density at radius 3 is 2.16 bits per heavy atom. The third-order valence-electron chi connectivity index (χ3n) is 8.06. The quantitative estimate of drug-likeness (QED) is 0.313. The minimum atomic E-state index is -0.113. The zero-order valence-corrected chi connectivity index (χ0v) is 22.3. The maximum Gasteiger partial charge on any atom is 0.218 e. The monoisotopic (exact) mass is 501 g/mol. The van der Waals surface area contributed by atoms with Gasteiger partial charge in [-0.3, -0.25) is 9.69 Å². The van der Waals surface area contributed by atoms with E-state index in [4.69, 9.17) is 9.47 Å². The number of rotatable bonds is 11. The molecule has 1 N–H and O–H groups in total. The van der Waals surface area contributed by atoms with Crippen LogP contribution in [0.1, 0.15) is 44.7 Å². The van der Waals surface area contributed by atoms with E-state index in [1.165, 1.54) is 11.1 Å². The van der Waals surface area contributed by atoms with Crippen LogP contribution in [-0.4, -0.2) is 37.4 Å². The second-order valence-corrected chi connectivity index (χ2v) is 10.6. The van der Waals surface area contributed by atoms with Gasteiger partial charge in [-0.15, -0.1) is 0 Å². The normalized spacial score (nSPS) is 21.5. The predicted molar refractivity (Wildman–Crippen MR) is 148 cm³/mol. The third-order valence-corrected chi connectivity index (χ3v) is 8.06. The minimum Gasteiger partial charge on any atom is -0.497 e. The van der Waals surface area contributed by atoms with Gasteiger partial charge < -0.3 is 14.6 Å². The van der Waals surface area contributed by atoms with Gasteiger partial charge in [0, 0.05) is 18.0 Å². The van der Waals surface area contributed by atoms with Crippen molar-refractivity contribution in [1.29, 1.82) is 0 Å². The molecule has 1 heterocycles. The molecule has 0 unspecified atom stereocenters. The Bertz CT molecular complexity index is 1130. The maximum absolute atomic E-state index is 11.7. The summed E-state index contributed by atoms with van der Waals surface area (Å²) in [5.41, 5.74) is 4.05. The van der Waals surface area contributed by atoms with Crippen LogP contribution in [0.5, 0.6) is 5.75 Å². The van der Waals surface area contributed by atoms with E-state index in [9.17, 15) is 9.90 Å². The number of hydrogen-bond acceptors (Lipinski definition) is 4. The summed E-state index contributed by atoms with van der Waals surface area (Å²) < 4.78 is 11.9. The molecule has 3 aromatic carbocycles. The van der Waals surface area contributed by atoms with Crippen molar-refractivity contribution in [1.82, 2.24) is 0 Å². The first kappa shape index (κ1) is 26.9. The van der Waals surface area contributed by atoms with Crippen LogP contribution in [0.2, 0.25) is 0 Å². The number of carbonyl (C=O) groups is 1. The summed E-state index contributed by atoms with van der Waals surface area (Å²) in [6.45, 7) is 6.99. The molecule has 1 amide bonds. The molecular formula is C32H39NO4. The van der Waals surface area contributed by atoms with E-state index in [1.807, 2.05) is 54.6 Å². The lowest BCUT2D eigenvalue weighted by Gasteiger charge is -2.38. The summed E-state index contributed by atoms with van der Waals surface area (Å²) >= 11 is 0. The number of aliphatic hydroxyl groups excluding tert-OH is 1. The summed E-state index contributed by atoms with van der Waals surface area (Å²) in [7, 11) is 1.68. The van der Waals surface area contributed by atoms with Gasteiger partial charge in [0.25, 0.3) is 0 Å². The lowest BCUT2D eigenvalue weighted by Crippen LogP contribution is -2.38. The van der Waals surface area contributed by atoms with Gasteiger partial charge in [-0.25, -0.2) is 0 Å². The Balaban J connectivity index is 1.45. The van der Waals surface area contributed by atoms with Gasteiger partial charge in [0.2, 0.25) is 6.41 Å². The molecule has 1 saturated heterocycles. The second-order valence-electron chi connectivity index (χ2n) is 10.6. The number of anilines is 2. The van der Waals surface area contributed by atoms with Gasteiger partial charge >= 0.3 is 0 Å². The first-order valence-corrected chi connectivity index (χ1v) is 13.2. The van der Waals surface area contributed by atoms with Gasteiger partial charge in [-0.1, -0.05) is 63.2 Å². The molecule has 4 rings (SSSR count). The number of hydrogen-bond donors (Lipinski definition) is 1. The van der Waals surface area contributed by atoms with Crippen LogP contribution in [0.15, 0.2) is 78.9 Å². The maximum atomic E-state index is 11.7. The number of benzene rings is 3. The summed E-state index contributed by atoms with van der Waals surface area (Å²) in [6, 6.07) is 26.2. The SMILES string of the molecule is COc1ccc(C(C)(C)[C@@H]2[C@@H](C)[C@@H](CCc3ccc(N(C=O)c4ccccc4)cc3)O[C@H]2CCO)cc1. The van der Waals surface area contributed by atoms with Gasteiger partial charge in [-0.2, -0.15) is 0 Å². The van der Waals surface area contributed by atoms with E-state index < -0.39 is 0 Å². The molecule has 0 bridgehead atoms. The molecule has 0 saturated carbocycles. The van der Waals surface area contributed by atoms with E-state index in [-0.39, 0.29) is 30.1 Å². The zero-order valence-electron chi connectivity index (χ0n) is 22.3. The molecule has 196 valence electrons. The van der Waals surface area contributed by atoms with Crippen molar-refractivity contribution in [3.8, 4) is 5.75 Å². The van der Waals surface area contributed by atoms with Crippen LogP contribution in [0.25, 0.3) is 0 Å². The molecule has 1 fully saturated rings. The lowest BCUT2D eigenvalue weighted by atomic mass is 9.65. The number of carbonyl (C=O) groups excluding carboxylic acids is 1. The highest BCUT2D eigenvalue weighted by molar-refractivity contribution is 5.86. The van der Waals surface area contributed by atoms with Crippen molar-refractivity contribution in [2.24, 2.45) is 11.8 Å². The molecule has 5 nitrogen and oxygen atoms in total. The van der Waals surface area contributed by atoms with Crippen molar-refractivity contribution in [3.63, 3.8) is 0 Å². The van der Waals surface area contributed by atoms with E-state index in [0.717, 1.165) is 36.4 Å². The average molecular weight is 502 g/mol. The molecule has 5 heteroatoms. The Hall–Kier alpha value is -3.15. The summed E-state index contributed by atoms with van der Waals surface area (Å²) in [5.74, 6) is 1.48. The first-order valence-electron chi connectivity index (χ1n) is 13.2. The topological polar surface area (TPSA) is 59.0 Å². The molecule has 3 aromatic rings. The third kappa shape index (κ3) is 5.89. The number of methoxy groups -OCH3 is 1. The lowest BCUT2D eigenvalue weighted by molar-refractivity contribution is -0.106. The van der Waals surface area contributed by atoms with Crippen LogP contribution in [0.4, 0.5) is 11.4 Å². The molecule has 37 heavy (non-hydrogen) atoms. The summed E-state index contributed by atoms with van der Waals surface area (Å²) in [4.78, 5) is 13.4. The number of ether oxygens (including phenoxy) is 2. The fourth-order valence-electron chi connectivity index (χ4n) is 6.04. The van der Waals surface area contributed by atoms with Crippen LogP contribution in [0.3, 0.4) is 0 Å². The van der Waals surface area contributed by atoms with E-state index in [0.29, 0.717) is 12.3 Å². The van der Waals surface area contributed by atoms with E-state index in [2.05, 4.69) is 45.0 Å². The standard InChI is InChI=1S/C32H39NO4/c1-23-29(19-12-24-10-15-27(16-11-24)33(22-35)26-8-6-5-7-9-26)37-30(20-21-34)31(23)32(2,3)25-13-17-28(36-4)18-14-25/h5-11,13-18,22-23,29-31,34H,12,19-21H2,1-4H3/t23-,29+,30-,31+/m0/s1. The number of nitrogens with zero attached hydrogens (tertiary/aromatic N) is 1. The van der Waals surface area contributed by atoms with Crippen LogP contribution < -0.4 is 9.64 Å². The minimum absolute atomic E-state index is 0.0106. The van der Waals surface area contributed by atoms with Gasteiger partial charge in [0.15, 0.2) is 0 Å². The molecule has 1 aliphatic rings. The molecule has 0 aliphatic carbocycles. The van der Waals surface area contributed by atoms with Gasteiger partial charge in [0.1, 0.15) is 5.75 Å². The number of para-hydroxylation sites is 1. The number of amides is 1. The number of aryl methyl sites for hydroxylation is 1. The predicted octanol–water partition coefficient (Wildman–Crippen LogP) is 6.30. The fraction of sp³-hybridized carbons (Fsp3) is 0.406. The van der Waals surface area contributed by atoms with E-state index >= 15 is 0 Å². The molecule has 1 aliphatic heterocycles. The van der Waals surface area contributed by atoms with Crippen LogP contribution >= 0.6 is 0 Å². The first-order chi connectivity index (χ1) is 17.9. The van der Waals surface area contributed by atoms with Crippen LogP contribution in [-0.2, 0) is 21.4 Å². The Kier molecular flexibility index (Phi) is 8.67. The van der Waals surface area contributed by atoms with Gasteiger partial charge in [-0.05, 0) is 84.0 Å². The van der Waals surface area contributed by atoms with Crippen molar-refractivity contribution in [3.05, 3.63) is 90.0 Å². The van der Waals surface area contributed by atoms with Crippen molar-refractivity contribution < 1.29 is 19.4 Å². The second kappa shape index (κ2) is 11.9. The highest BCUT2D eigenvalue weighted by Gasteiger charge is 2.49. The average Bonchev–Trinajstić information content (AvgIpc) is 3.24. The van der Waals surface area contributed by atoms with Crippen molar-refractivity contribution in [2.75, 3.05) is 18.6 Å². The summed E-state index contributed by atoms with van der Waals surface area (Å²) in [6.07, 6.45) is 3.42. The molecule has 0 aromatic heterocycles.